The lowest BCUT2D eigenvalue weighted by atomic mass is 10.1. The monoisotopic (exact) mass is 199 g/mol. The second kappa shape index (κ2) is 3.04. The molecule has 4 heteroatoms. The number of carbonyl (C=O) groups is 1. The Hall–Kier alpha value is -1.01. The van der Waals surface area contributed by atoms with Crippen molar-refractivity contribution in [2.45, 2.75) is 13.8 Å². The highest BCUT2D eigenvalue weighted by molar-refractivity contribution is 6.31. The van der Waals surface area contributed by atoms with E-state index in [4.69, 9.17) is 22.0 Å². The van der Waals surface area contributed by atoms with Gasteiger partial charge >= 0.3 is 5.97 Å². The Morgan fingerprint density at radius 2 is 2.23 bits per heavy atom. The molecule has 1 rings (SSSR count). The first kappa shape index (κ1) is 10.1. The third-order valence-electron chi connectivity index (χ3n) is 2.61. The van der Waals surface area contributed by atoms with E-state index >= 15 is 0 Å². The molecule has 2 atom stereocenters. The number of aliphatic carboxylic acids is 1. The fourth-order valence-electron chi connectivity index (χ4n) is 1.66. The first-order valence-electron chi connectivity index (χ1n) is 3.91. The van der Waals surface area contributed by atoms with Gasteiger partial charge in [-0.15, -0.1) is 0 Å². The maximum Gasteiger partial charge on any atom is 0.307 e. The van der Waals surface area contributed by atoms with E-state index in [1.54, 1.807) is 6.07 Å². The zero-order chi connectivity index (χ0) is 10.2. The Morgan fingerprint density at radius 3 is 2.54 bits per heavy atom. The predicted molar refractivity (Wildman–Crippen MR) is 47.9 cm³/mol. The van der Waals surface area contributed by atoms with Crippen LogP contribution in [0.5, 0.6) is 0 Å². The minimum atomic E-state index is -0.825. The number of carboxylic acid groups (broad SMARTS) is 1. The molecular formula is C9H10ClNO2. The standard InChI is InChI=1S/C9H10ClNO2/c1-9(2)6(3-5(10)4-11)7(9)8(12)13/h3,6-7H,1-2H3,(H,12,13). The molecule has 13 heavy (non-hydrogen) atoms. The first-order chi connectivity index (χ1) is 5.91. The summed E-state index contributed by atoms with van der Waals surface area (Å²) in [6.45, 7) is 3.71. The minimum absolute atomic E-state index is 0.0711. The summed E-state index contributed by atoms with van der Waals surface area (Å²) < 4.78 is 0. The smallest absolute Gasteiger partial charge is 0.307 e. The molecule has 2 unspecified atom stereocenters. The van der Waals surface area contributed by atoms with E-state index in [9.17, 15) is 4.79 Å². The van der Waals surface area contributed by atoms with Crippen molar-refractivity contribution < 1.29 is 9.90 Å². The average Bonchev–Trinajstić information content (AvgIpc) is 2.53. The fraction of sp³-hybridized carbons (Fsp3) is 0.556. The van der Waals surface area contributed by atoms with Crippen LogP contribution in [0, 0.1) is 28.6 Å². The summed E-state index contributed by atoms with van der Waals surface area (Å²) in [6, 6.07) is 1.77. The van der Waals surface area contributed by atoms with Crippen molar-refractivity contribution in [2.24, 2.45) is 17.3 Å². The molecule has 0 aromatic carbocycles. The van der Waals surface area contributed by atoms with Gasteiger partial charge in [0, 0.05) is 0 Å². The average molecular weight is 200 g/mol. The van der Waals surface area contributed by atoms with Gasteiger partial charge in [0.2, 0.25) is 0 Å². The van der Waals surface area contributed by atoms with Gasteiger partial charge in [-0.05, 0) is 11.3 Å². The van der Waals surface area contributed by atoms with Crippen molar-refractivity contribution in [3.63, 3.8) is 0 Å². The van der Waals surface area contributed by atoms with Crippen molar-refractivity contribution in [3.05, 3.63) is 11.1 Å². The quantitative estimate of drug-likeness (QED) is 0.692. The van der Waals surface area contributed by atoms with Gasteiger partial charge in [0.1, 0.15) is 11.1 Å². The first-order valence-corrected chi connectivity index (χ1v) is 4.29. The van der Waals surface area contributed by atoms with Gasteiger partial charge in [0.05, 0.1) is 5.92 Å². The molecule has 0 aromatic rings. The second-order valence-electron chi connectivity index (χ2n) is 3.79. The predicted octanol–water partition coefficient (Wildman–Crippen LogP) is 1.99. The molecule has 1 aliphatic carbocycles. The molecule has 0 radical (unpaired) electrons. The van der Waals surface area contributed by atoms with Crippen LogP contribution in [0.1, 0.15) is 13.8 Å². The highest BCUT2D eigenvalue weighted by Crippen LogP contribution is 2.59. The van der Waals surface area contributed by atoms with Gasteiger partial charge in [-0.1, -0.05) is 31.5 Å². The topological polar surface area (TPSA) is 61.1 Å². The largest absolute Gasteiger partial charge is 0.481 e. The molecule has 70 valence electrons. The lowest BCUT2D eigenvalue weighted by molar-refractivity contribution is -0.139. The van der Waals surface area contributed by atoms with Gasteiger partial charge in [-0.25, -0.2) is 0 Å². The van der Waals surface area contributed by atoms with Crippen LogP contribution in [0.15, 0.2) is 11.1 Å². The van der Waals surface area contributed by atoms with Gasteiger partial charge < -0.3 is 5.11 Å². The number of nitrogens with zero attached hydrogens (tertiary/aromatic N) is 1. The highest BCUT2D eigenvalue weighted by atomic mass is 35.5. The van der Waals surface area contributed by atoms with Crippen LogP contribution >= 0.6 is 11.6 Å². The Morgan fingerprint density at radius 1 is 1.69 bits per heavy atom. The van der Waals surface area contributed by atoms with E-state index in [1.165, 1.54) is 6.08 Å². The molecule has 1 saturated carbocycles. The number of nitriles is 1. The number of hydrogen-bond donors (Lipinski definition) is 1. The third kappa shape index (κ3) is 1.68. The highest BCUT2D eigenvalue weighted by Gasteiger charge is 2.61. The molecule has 0 amide bonds. The SMILES string of the molecule is CC1(C)C(C=C(Cl)C#N)C1C(=O)O. The lowest BCUT2D eigenvalue weighted by Crippen LogP contribution is -2.02. The number of allylic oxidation sites excluding steroid dienone is 2. The summed E-state index contributed by atoms with van der Waals surface area (Å²) in [5.41, 5.74) is -0.275. The molecule has 1 fully saturated rings. The lowest BCUT2D eigenvalue weighted by Gasteiger charge is -1.96. The molecule has 0 spiro atoms. The normalized spacial score (nSPS) is 30.8. The van der Waals surface area contributed by atoms with Gasteiger partial charge in [0.15, 0.2) is 0 Å². The summed E-state index contributed by atoms with van der Waals surface area (Å²) in [5.74, 6) is -1.35. The molecule has 0 aromatic heterocycles. The second-order valence-corrected chi connectivity index (χ2v) is 4.20. The van der Waals surface area contributed by atoms with Crippen LogP contribution in [-0.2, 0) is 4.79 Å². The van der Waals surface area contributed by atoms with Crippen LogP contribution in [0.3, 0.4) is 0 Å². The molecule has 1 N–H and O–H groups in total. The van der Waals surface area contributed by atoms with E-state index in [1.807, 2.05) is 13.8 Å². The van der Waals surface area contributed by atoms with E-state index in [-0.39, 0.29) is 16.4 Å². The summed E-state index contributed by atoms with van der Waals surface area (Å²) in [4.78, 5) is 10.7. The maximum absolute atomic E-state index is 10.7. The van der Waals surface area contributed by atoms with Crippen molar-refractivity contribution in [1.82, 2.24) is 0 Å². The minimum Gasteiger partial charge on any atom is -0.481 e. The molecule has 0 aliphatic heterocycles. The molecule has 3 nitrogen and oxygen atoms in total. The molecular weight excluding hydrogens is 190 g/mol. The Bertz CT molecular complexity index is 314. The number of rotatable bonds is 2. The van der Waals surface area contributed by atoms with Crippen LogP contribution in [0.25, 0.3) is 0 Å². The number of carboxylic acids is 1. The van der Waals surface area contributed by atoms with Gasteiger partial charge in [-0.3, -0.25) is 4.79 Å². The molecule has 0 saturated heterocycles. The van der Waals surface area contributed by atoms with Crippen molar-refractivity contribution in [2.75, 3.05) is 0 Å². The van der Waals surface area contributed by atoms with Crippen LogP contribution in [-0.4, -0.2) is 11.1 Å². The fourth-order valence-corrected chi connectivity index (χ4v) is 1.79. The van der Waals surface area contributed by atoms with E-state index in [2.05, 4.69) is 0 Å². The van der Waals surface area contributed by atoms with E-state index in [0.29, 0.717) is 0 Å². The zero-order valence-corrected chi connectivity index (χ0v) is 8.17. The van der Waals surface area contributed by atoms with Crippen LogP contribution in [0.4, 0.5) is 0 Å². The van der Waals surface area contributed by atoms with Crippen molar-refractivity contribution in [3.8, 4) is 6.07 Å². The number of hydrogen-bond acceptors (Lipinski definition) is 2. The summed E-state index contributed by atoms with van der Waals surface area (Å²) in [6.07, 6.45) is 1.53. The molecule has 1 aliphatic rings. The van der Waals surface area contributed by atoms with E-state index < -0.39 is 11.9 Å². The Balaban J connectivity index is 2.79. The zero-order valence-electron chi connectivity index (χ0n) is 7.41. The Labute approximate surface area is 81.6 Å². The third-order valence-corrected chi connectivity index (χ3v) is 2.82. The number of halogens is 1. The molecule has 0 bridgehead atoms. The van der Waals surface area contributed by atoms with Gasteiger partial charge in [-0.2, -0.15) is 5.26 Å². The summed E-state index contributed by atoms with van der Waals surface area (Å²) >= 11 is 5.50. The van der Waals surface area contributed by atoms with Crippen molar-refractivity contribution >= 4 is 17.6 Å². The summed E-state index contributed by atoms with van der Waals surface area (Å²) in [7, 11) is 0. The summed E-state index contributed by atoms with van der Waals surface area (Å²) in [5, 5.41) is 17.3. The van der Waals surface area contributed by atoms with Crippen molar-refractivity contribution in [1.29, 1.82) is 5.26 Å². The van der Waals surface area contributed by atoms with Crippen LogP contribution < -0.4 is 0 Å². The molecule has 0 heterocycles. The van der Waals surface area contributed by atoms with E-state index in [0.717, 1.165) is 0 Å². The van der Waals surface area contributed by atoms with Crippen LogP contribution in [0.2, 0.25) is 0 Å². The maximum atomic E-state index is 10.7. The van der Waals surface area contributed by atoms with Gasteiger partial charge in [0.25, 0.3) is 0 Å². The Kier molecular flexibility index (Phi) is 2.36.